The van der Waals surface area contributed by atoms with Crippen molar-refractivity contribution in [1.29, 1.82) is 0 Å². The van der Waals surface area contributed by atoms with Crippen LogP contribution in [0.25, 0.3) is 10.2 Å². The molecule has 2 aromatic carbocycles. The Kier molecular flexibility index (Phi) is 8.13. The smallest absolute Gasteiger partial charge is 0.326 e. The molecular formula is C22H24N2O5S2. The van der Waals surface area contributed by atoms with Crippen LogP contribution in [-0.2, 0) is 20.9 Å². The van der Waals surface area contributed by atoms with E-state index in [2.05, 4.69) is 4.99 Å². The number of ether oxygens (including phenoxy) is 3. The van der Waals surface area contributed by atoms with Crippen LogP contribution in [0.1, 0.15) is 13.3 Å². The van der Waals surface area contributed by atoms with E-state index in [0.717, 1.165) is 15.1 Å². The largest absolute Gasteiger partial charge is 0.493 e. The van der Waals surface area contributed by atoms with Crippen LogP contribution < -0.4 is 14.3 Å². The van der Waals surface area contributed by atoms with Crippen LogP contribution in [0.4, 0.5) is 0 Å². The van der Waals surface area contributed by atoms with Gasteiger partial charge in [0.05, 0.1) is 31.0 Å². The Hall–Kier alpha value is -2.78. The number of aromatic nitrogens is 1. The molecule has 0 N–H and O–H groups in total. The molecule has 0 saturated carbocycles. The topological polar surface area (TPSA) is 79.1 Å². The second-order valence-corrected chi connectivity index (χ2v) is 8.55. The lowest BCUT2D eigenvalue weighted by atomic mass is 10.3. The molecule has 0 aliphatic rings. The van der Waals surface area contributed by atoms with Crippen molar-refractivity contribution in [2.24, 2.45) is 4.99 Å². The van der Waals surface area contributed by atoms with E-state index in [1.165, 1.54) is 11.3 Å². The van der Waals surface area contributed by atoms with Crippen molar-refractivity contribution < 1.29 is 23.8 Å². The van der Waals surface area contributed by atoms with Crippen LogP contribution in [0, 0.1) is 0 Å². The van der Waals surface area contributed by atoms with Gasteiger partial charge in [-0.3, -0.25) is 9.59 Å². The number of carbonyl (C=O) groups excluding carboxylic acids is 2. The molecule has 0 unspecified atom stereocenters. The number of carbonyl (C=O) groups is 2. The van der Waals surface area contributed by atoms with E-state index in [-0.39, 0.29) is 19.1 Å². The predicted molar refractivity (Wildman–Crippen MR) is 122 cm³/mol. The summed E-state index contributed by atoms with van der Waals surface area (Å²) in [6.45, 7) is 1.98. The number of hydrogen-bond acceptors (Lipinski definition) is 7. The highest BCUT2D eigenvalue weighted by Crippen LogP contribution is 2.33. The van der Waals surface area contributed by atoms with Gasteiger partial charge in [-0.25, -0.2) is 0 Å². The summed E-state index contributed by atoms with van der Waals surface area (Å²) in [7, 11) is 3.11. The number of methoxy groups -OCH3 is 2. The fourth-order valence-electron chi connectivity index (χ4n) is 2.91. The standard InChI is InChI=1S/C22H24N2O5S2/c1-4-29-21(26)14-24-16-12-17(27-2)18(28-3)13-19(16)31-22(24)23-20(25)10-11-30-15-8-6-5-7-9-15/h5-9,12-13H,4,10-11,14H2,1-3H3. The molecule has 1 aromatic heterocycles. The van der Waals surface area contributed by atoms with Gasteiger partial charge in [0.25, 0.3) is 0 Å². The molecule has 0 bridgehead atoms. The van der Waals surface area contributed by atoms with Gasteiger partial charge in [-0.1, -0.05) is 29.5 Å². The Labute approximate surface area is 188 Å². The van der Waals surface area contributed by atoms with Crippen molar-refractivity contribution in [3.8, 4) is 11.5 Å². The first kappa shape index (κ1) is 22.9. The van der Waals surface area contributed by atoms with Crippen LogP contribution in [0.5, 0.6) is 11.5 Å². The Morgan fingerprint density at radius 1 is 1.10 bits per heavy atom. The summed E-state index contributed by atoms with van der Waals surface area (Å²) in [6, 6.07) is 13.5. The van der Waals surface area contributed by atoms with Crippen molar-refractivity contribution in [3.63, 3.8) is 0 Å². The molecule has 9 heteroatoms. The third-order valence-corrected chi connectivity index (χ3v) is 6.38. The molecule has 3 rings (SSSR count). The maximum Gasteiger partial charge on any atom is 0.326 e. The zero-order valence-corrected chi connectivity index (χ0v) is 19.3. The highest BCUT2D eigenvalue weighted by Gasteiger charge is 2.16. The monoisotopic (exact) mass is 460 g/mol. The van der Waals surface area contributed by atoms with Crippen molar-refractivity contribution in [3.05, 3.63) is 47.3 Å². The van der Waals surface area contributed by atoms with Gasteiger partial charge in [0.15, 0.2) is 16.3 Å². The normalized spacial score (nSPS) is 11.5. The quantitative estimate of drug-likeness (QED) is 0.356. The summed E-state index contributed by atoms with van der Waals surface area (Å²) in [5, 5.41) is 0. The number of esters is 1. The van der Waals surface area contributed by atoms with Gasteiger partial charge < -0.3 is 18.8 Å². The van der Waals surface area contributed by atoms with Crippen molar-refractivity contribution in [1.82, 2.24) is 4.57 Å². The fraction of sp³-hybridized carbons (Fsp3) is 0.318. The summed E-state index contributed by atoms with van der Waals surface area (Å²) >= 11 is 2.92. The second-order valence-electron chi connectivity index (χ2n) is 6.37. The van der Waals surface area contributed by atoms with E-state index in [0.29, 0.717) is 28.5 Å². The molecule has 0 atom stereocenters. The van der Waals surface area contributed by atoms with Crippen LogP contribution >= 0.6 is 23.1 Å². The first-order chi connectivity index (χ1) is 15.0. The molecule has 0 fully saturated rings. The zero-order chi connectivity index (χ0) is 22.2. The van der Waals surface area contributed by atoms with Crippen molar-refractivity contribution in [2.45, 2.75) is 24.8 Å². The van der Waals surface area contributed by atoms with Crippen LogP contribution in [0.3, 0.4) is 0 Å². The number of rotatable bonds is 9. The minimum absolute atomic E-state index is 0.0474. The number of thioether (sulfide) groups is 1. The molecule has 1 amide bonds. The Morgan fingerprint density at radius 3 is 2.48 bits per heavy atom. The van der Waals surface area contributed by atoms with Gasteiger partial charge >= 0.3 is 5.97 Å². The highest BCUT2D eigenvalue weighted by atomic mass is 32.2. The summed E-state index contributed by atoms with van der Waals surface area (Å²) in [5.74, 6) is 1.08. The summed E-state index contributed by atoms with van der Waals surface area (Å²) < 4.78 is 18.4. The SMILES string of the molecule is CCOC(=O)Cn1c(=NC(=O)CCSc2ccccc2)sc2cc(OC)c(OC)cc21. The summed E-state index contributed by atoms with van der Waals surface area (Å²) in [6.07, 6.45) is 0.292. The number of hydrogen-bond donors (Lipinski definition) is 0. The van der Waals surface area contributed by atoms with E-state index >= 15 is 0 Å². The lowest BCUT2D eigenvalue weighted by Gasteiger charge is -2.09. The van der Waals surface area contributed by atoms with E-state index in [9.17, 15) is 9.59 Å². The third-order valence-electron chi connectivity index (χ3n) is 4.33. The number of fused-ring (bicyclic) bond motifs is 1. The predicted octanol–water partition coefficient (Wildman–Crippen LogP) is 3.89. The zero-order valence-electron chi connectivity index (χ0n) is 17.6. The van der Waals surface area contributed by atoms with Gasteiger partial charge in [-0.15, -0.1) is 11.8 Å². The van der Waals surface area contributed by atoms with Crippen LogP contribution in [-0.4, -0.2) is 43.0 Å². The summed E-state index contributed by atoms with van der Waals surface area (Å²) in [5.41, 5.74) is 0.723. The number of benzene rings is 2. The minimum atomic E-state index is -0.398. The first-order valence-corrected chi connectivity index (χ1v) is 11.5. The number of thiazole rings is 1. The lowest BCUT2D eigenvalue weighted by molar-refractivity contribution is -0.143. The molecule has 3 aromatic rings. The number of nitrogens with zero attached hydrogens (tertiary/aromatic N) is 2. The second kappa shape index (κ2) is 11.0. The molecule has 31 heavy (non-hydrogen) atoms. The van der Waals surface area contributed by atoms with Crippen molar-refractivity contribution >= 4 is 45.2 Å². The van der Waals surface area contributed by atoms with Gasteiger partial charge in [-0.2, -0.15) is 4.99 Å². The van der Waals surface area contributed by atoms with Crippen molar-refractivity contribution in [2.75, 3.05) is 26.6 Å². The first-order valence-electron chi connectivity index (χ1n) is 9.72. The fourth-order valence-corrected chi connectivity index (χ4v) is 4.82. The third kappa shape index (κ3) is 5.89. The Balaban J connectivity index is 1.90. The molecule has 0 aliphatic heterocycles. The van der Waals surface area contributed by atoms with E-state index in [1.54, 1.807) is 43.5 Å². The molecule has 164 valence electrons. The number of amides is 1. The van der Waals surface area contributed by atoms with Crippen LogP contribution in [0.15, 0.2) is 52.4 Å². The van der Waals surface area contributed by atoms with E-state index < -0.39 is 5.97 Å². The van der Waals surface area contributed by atoms with Crippen LogP contribution in [0.2, 0.25) is 0 Å². The Morgan fingerprint density at radius 2 is 1.81 bits per heavy atom. The average molecular weight is 461 g/mol. The van der Waals surface area contributed by atoms with Gasteiger partial charge in [-0.05, 0) is 19.1 Å². The average Bonchev–Trinajstić information content (AvgIpc) is 3.09. The van der Waals surface area contributed by atoms with E-state index in [1.807, 2.05) is 36.4 Å². The molecular weight excluding hydrogens is 436 g/mol. The van der Waals surface area contributed by atoms with E-state index in [4.69, 9.17) is 14.2 Å². The summed E-state index contributed by atoms with van der Waals surface area (Å²) in [4.78, 5) is 30.5. The maximum atomic E-state index is 12.5. The molecule has 0 spiro atoms. The molecule has 0 saturated heterocycles. The lowest BCUT2D eigenvalue weighted by Crippen LogP contribution is -2.23. The highest BCUT2D eigenvalue weighted by molar-refractivity contribution is 7.99. The maximum absolute atomic E-state index is 12.5. The minimum Gasteiger partial charge on any atom is -0.493 e. The molecule has 7 nitrogen and oxygen atoms in total. The van der Waals surface area contributed by atoms with Gasteiger partial charge in [0.1, 0.15) is 6.54 Å². The molecule has 1 heterocycles. The van der Waals surface area contributed by atoms with Gasteiger partial charge in [0.2, 0.25) is 5.91 Å². The Bertz CT molecular complexity index is 1120. The molecule has 0 radical (unpaired) electrons. The molecule has 0 aliphatic carbocycles. The van der Waals surface area contributed by atoms with Gasteiger partial charge in [0, 0.05) is 29.2 Å².